The van der Waals surface area contributed by atoms with Crippen molar-refractivity contribution in [2.75, 3.05) is 0 Å². The summed E-state index contributed by atoms with van der Waals surface area (Å²) in [6, 6.07) is 15.3. The second-order valence-electron chi connectivity index (χ2n) is 7.28. The van der Waals surface area contributed by atoms with Crippen LogP contribution in [0, 0.1) is 6.92 Å². The van der Waals surface area contributed by atoms with E-state index in [0.717, 1.165) is 33.3 Å². The summed E-state index contributed by atoms with van der Waals surface area (Å²) in [5.41, 5.74) is 3.79. The molecule has 0 fully saturated rings. The lowest BCUT2D eigenvalue weighted by molar-refractivity contribution is 0.0541. The molecule has 4 heteroatoms. The third-order valence-corrected chi connectivity index (χ3v) is 4.43. The van der Waals surface area contributed by atoms with Gasteiger partial charge in [0.25, 0.3) is 0 Å². The van der Waals surface area contributed by atoms with Crippen LogP contribution in [-0.2, 0) is 4.74 Å². The van der Waals surface area contributed by atoms with Crippen molar-refractivity contribution in [2.45, 2.75) is 33.3 Å². The summed E-state index contributed by atoms with van der Waals surface area (Å²) in [5.74, 6) is 0. The molecular formula is C22H22ClNO2. The molecular weight excluding hydrogens is 346 g/mol. The van der Waals surface area contributed by atoms with E-state index in [1.165, 1.54) is 0 Å². The second kappa shape index (κ2) is 6.65. The molecule has 26 heavy (non-hydrogen) atoms. The monoisotopic (exact) mass is 367 g/mol. The zero-order chi connectivity index (χ0) is 19.1. The van der Waals surface area contributed by atoms with Gasteiger partial charge in [-0.3, -0.25) is 0 Å². The number of fused-ring (bicyclic) bond motifs is 1. The molecule has 0 N–H and O–H groups in total. The SMILES string of the molecule is C=C(c1ccc(Cl)cc1)c1c(C)n(C(=O)OC(C)(C)C)c2ccccc12. The Morgan fingerprint density at radius 2 is 1.69 bits per heavy atom. The van der Waals surface area contributed by atoms with E-state index in [1.54, 1.807) is 4.57 Å². The van der Waals surface area contributed by atoms with Gasteiger partial charge in [0.15, 0.2) is 0 Å². The van der Waals surface area contributed by atoms with Gasteiger partial charge in [0, 0.05) is 21.7 Å². The first kappa shape index (κ1) is 18.3. The number of hydrogen-bond donors (Lipinski definition) is 0. The van der Waals surface area contributed by atoms with Crippen LogP contribution in [0.4, 0.5) is 4.79 Å². The van der Waals surface area contributed by atoms with Crippen LogP contribution in [0.25, 0.3) is 16.5 Å². The molecule has 3 aromatic rings. The molecule has 0 saturated carbocycles. The second-order valence-corrected chi connectivity index (χ2v) is 7.72. The number of rotatable bonds is 2. The third-order valence-electron chi connectivity index (χ3n) is 4.18. The number of benzene rings is 2. The first-order valence-electron chi connectivity index (χ1n) is 8.47. The molecule has 0 unspecified atom stereocenters. The molecule has 0 aliphatic heterocycles. The van der Waals surface area contributed by atoms with E-state index in [9.17, 15) is 4.79 Å². The molecule has 0 saturated heterocycles. The smallest absolute Gasteiger partial charge is 0.419 e. The normalized spacial score (nSPS) is 11.6. The largest absolute Gasteiger partial charge is 0.443 e. The molecule has 2 aromatic carbocycles. The Morgan fingerprint density at radius 1 is 1.08 bits per heavy atom. The van der Waals surface area contributed by atoms with Crippen molar-refractivity contribution in [3.8, 4) is 0 Å². The van der Waals surface area contributed by atoms with E-state index >= 15 is 0 Å². The van der Waals surface area contributed by atoms with E-state index in [4.69, 9.17) is 16.3 Å². The van der Waals surface area contributed by atoms with Gasteiger partial charge in [-0.2, -0.15) is 0 Å². The lowest BCUT2D eigenvalue weighted by atomic mass is 9.97. The van der Waals surface area contributed by atoms with Gasteiger partial charge in [0.05, 0.1) is 5.52 Å². The highest BCUT2D eigenvalue weighted by molar-refractivity contribution is 6.30. The summed E-state index contributed by atoms with van der Waals surface area (Å²) < 4.78 is 7.23. The van der Waals surface area contributed by atoms with Gasteiger partial charge in [0.1, 0.15) is 5.60 Å². The van der Waals surface area contributed by atoms with Crippen LogP contribution < -0.4 is 0 Å². The van der Waals surface area contributed by atoms with Gasteiger partial charge in [-0.05, 0) is 57.0 Å². The predicted molar refractivity (Wildman–Crippen MR) is 108 cm³/mol. The molecule has 0 atom stereocenters. The van der Waals surface area contributed by atoms with Crippen molar-refractivity contribution in [3.63, 3.8) is 0 Å². The maximum atomic E-state index is 12.8. The summed E-state index contributed by atoms with van der Waals surface area (Å²) in [6.07, 6.45) is -0.388. The fourth-order valence-corrected chi connectivity index (χ4v) is 3.21. The molecule has 3 rings (SSSR count). The van der Waals surface area contributed by atoms with Crippen LogP contribution in [0.2, 0.25) is 5.02 Å². The topological polar surface area (TPSA) is 31.2 Å². The minimum atomic E-state index is -0.567. The van der Waals surface area contributed by atoms with Crippen molar-refractivity contribution >= 4 is 34.2 Å². The number of carbonyl (C=O) groups excluding carboxylic acids is 1. The molecule has 1 aromatic heterocycles. The maximum Gasteiger partial charge on any atom is 0.419 e. The molecule has 0 radical (unpaired) electrons. The first-order chi connectivity index (χ1) is 12.2. The predicted octanol–water partition coefficient (Wildman–Crippen LogP) is 6.45. The van der Waals surface area contributed by atoms with Crippen LogP contribution in [-0.4, -0.2) is 16.3 Å². The Morgan fingerprint density at radius 3 is 2.31 bits per heavy atom. The number of para-hydroxylation sites is 1. The number of nitrogens with zero attached hydrogens (tertiary/aromatic N) is 1. The minimum Gasteiger partial charge on any atom is -0.443 e. The molecule has 3 nitrogen and oxygen atoms in total. The quantitative estimate of drug-likeness (QED) is 0.521. The highest BCUT2D eigenvalue weighted by Gasteiger charge is 2.24. The third kappa shape index (κ3) is 3.40. The Hall–Kier alpha value is -2.52. The summed E-state index contributed by atoms with van der Waals surface area (Å²) in [6.45, 7) is 11.8. The van der Waals surface area contributed by atoms with Crippen LogP contribution >= 0.6 is 11.6 Å². The van der Waals surface area contributed by atoms with Crippen LogP contribution in [0.15, 0.2) is 55.1 Å². The summed E-state index contributed by atoms with van der Waals surface area (Å²) in [5, 5.41) is 1.64. The minimum absolute atomic E-state index is 0.388. The van der Waals surface area contributed by atoms with Crippen molar-refractivity contribution in [2.24, 2.45) is 0 Å². The zero-order valence-electron chi connectivity index (χ0n) is 15.5. The van der Waals surface area contributed by atoms with Gasteiger partial charge in [0.2, 0.25) is 0 Å². The van der Waals surface area contributed by atoms with E-state index < -0.39 is 5.60 Å². The average molecular weight is 368 g/mol. The van der Waals surface area contributed by atoms with Crippen molar-refractivity contribution in [3.05, 3.63) is 77.0 Å². The average Bonchev–Trinajstić information content (AvgIpc) is 2.85. The van der Waals surface area contributed by atoms with E-state index in [0.29, 0.717) is 5.02 Å². The van der Waals surface area contributed by atoms with Gasteiger partial charge >= 0.3 is 6.09 Å². The highest BCUT2D eigenvalue weighted by atomic mass is 35.5. The number of halogens is 1. The lowest BCUT2D eigenvalue weighted by Crippen LogP contribution is -2.27. The van der Waals surface area contributed by atoms with Gasteiger partial charge < -0.3 is 4.74 Å². The summed E-state index contributed by atoms with van der Waals surface area (Å²) in [4.78, 5) is 12.8. The summed E-state index contributed by atoms with van der Waals surface area (Å²) >= 11 is 6.00. The Balaban J connectivity index is 2.18. The van der Waals surface area contributed by atoms with E-state index in [1.807, 2.05) is 76.2 Å². The molecule has 1 heterocycles. The Bertz CT molecular complexity index is 991. The number of carbonyl (C=O) groups is 1. The van der Waals surface area contributed by atoms with Crippen molar-refractivity contribution in [1.29, 1.82) is 0 Å². The van der Waals surface area contributed by atoms with Crippen LogP contribution in [0.1, 0.15) is 37.6 Å². The van der Waals surface area contributed by atoms with Gasteiger partial charge in [-0.25, -0.2) is 9.36 Å². The van der Waals surface area contributed by atoms with E-state index in [2.05, 4.69) is 6.58 Å². The number of hydrogen-bond acceptors (Lipinski definition) is 2. The molecule has 0 aliphatic carbocycles. The van der Waals surface area contributed by atoms with Gasteiger partial charge in [-0.15, -0.1) is 0 Å². The number of aromatic nitrogens is 1. The Kier molecular flexibility index (Phi) is 4.68. The summed E-state index contributed by atoms with van der Waals surface area (Å²) in [7, 11) is 0. The van der Waals surface area contributed by atoms with E-state index in [-0.39, 0.29) is 6.09 Å². The fraction of sp³-hybridized carbons (Fsp3) is 0.227. The van der Waals surface area contributed by atoms with Crippen LogP contribution in [0.5, 0.6) is 0 Å². The standard InChI is InChI=1S/C22H22ClNO2/c1-14(16-10-12-17(23)13-11-16)20-15(2)24(21(25)26-22(3,4)5)19-9-7-6-8-18(19)20/h6-13H,1H2,2-5H3. The lowest BCUT2D eigenvalue weighted by Gasteiger charge is -2.20. The fourth-order valence-electron chi connectivity index (χ4n) is 3.09. The molecule has 0 spiro atoms. The van der Waals surface area contributed by atoms with Gasteiger partial charge in [-0.1, -0.05) is 48.5 Å². The molecule has 134 valence electrons. The molecule has 0 aliphatic rings. The Labute approximate surface area is 158 Å². The highest BCUT2D eigenvalue weighted by Crippen LogP contribution is 2.34. The van der Waals surface area contributed by atoms with Crippen molar-refractivity contribution in [1.82, 2.24) is 4.57 Å². The maximum absolute atomic E-state index is 12.8. The first-order valence-corrected chi connectivity index (χ1v) is 8.85. The molecule has 0 bridgehead atoms. The zero-order valence-corrected chi connectivity index (χ0v) is 16.2. The van der Waals surface area contributed by atoms with Crippen molar-refractivity contribution < 1.29 is 9.53 Å². The van der Waals surface area contributed by atoms with Crippen LogP contribution in [0.3, 0.4) is 0 Å². The molecule has 0 amide bonds. The number of ether oxygens (including phenoxy) is 1.